The predicted octanol–water partition coefficient (Wildman–Crippen LogP) is 4.91. The largest absolute Gasteiger partial charge is 0.462 e. The normalized spacial score (nSPS) is 11.8. The maximum absolute atomic E-state index is 12.6. The number of nitro groups is 1. The van der Waals surface area contributed by atoms with Gasteiger partial charge in [-0.2, -0.15) is 5.48 Å². The van der Waals surface area contributed by atoms with Gasteiger partial charge in [0, 0.05) is 36.6 Å². The van der Waals surface area contributed by atoms with Gasteiger partial charge in [-0.1, -0.05) is 13.8 Å². The molecule has 222 valence electrons. The van der Waals surface area contributed by atoms with Gasteiger partial charge in [0.1, 0.15) is 5.60 Å². The van der Waals surface area contributed by atoms with Crippen LogP contribution in [0, 0.1) is 16.0 Å². The van der Waals surface area contributed by atoms with Crippen LogP contribution in [0.1, 0.15) is 80.2 Å². The topological polar surface area (TPSA) is 156 Å². The highest BCUT2D eigenvalue weighted by Crippen LogP contribution is 2.17. The number of benzene rings is 1. The van der Waals surface area contributed by atoms with E-state index in [0.29, 0.717) is 32.7 Å². The van der Waals surface area contributed by atoms with Crippen LogP contribution in [0.3, 0.4) is 0 Å². The number of carbonyl (C=O) groups is 3. The minimum atomic E-state index is -0.537. The number of thiazole rings is 1. The van der Waals surface area contributed by atoms with E-state index >= 15 is 0 Å². The third kappa shape index (κ3) is 14.2. The molecule has 1 aromatic heterocycles. The Morgan fingerprint density at radius 2 is 1.85 bits per heavy atom. The second kappa shape index (κ2) is 18.2. The highest BCUT2D eigenvalue weighted by Gasteiger charge is 2.22. The summed E-state index contributed by atoms with van der Waals surface area (Å²) in [6.45, 7) is 13.0. The van der Waals surface area contributed by atoms with E-state index in [0.717, 1.165) is 16.9 Å². The Hall–Kier alpha value is -3.26. The van der Waals surface area contributed by atoms with E-state index in [2.05, 4.69) is 15.2 Å². The molecular weight excluding hydrogens is 542 g/mol. The van der Waals surface area contributed by atoms with Crippen LogP contribution in [-0.2, 0) is 30.4 Å². The molecule has 0 saturated carbocycles. The zero-order chi connectivity index (χ0) is 30.1. The van der Waals surface area contributed by atoms with Crippen LogP contribution in [0.25, 0.3) is 0 Å². The van der Waals surface area contributed by atoms with Gasteiger partial charge >= 0.3 is 5.97 Å². The minimum Gasteiger partial charge on any atom is -0.462 e. The predicted molar refractivity (Wildman–Crippen MR) is 149 cm³/mol. The van der Waals surface area contributed by atoms with Gasteiger partial charge in [-0.05, 0) is 57.7 Å². The first-order chi connectivity index (χ1) is 18.9. The molecule has 0 fully saturated rings. The van der Waals surface area contributed by atoms with Crippen molar-refractivity contribution in [3.8, 4) is 0 Å². The summed E-state index contributed by atoms with van der Waals surface area (Å²) in [5, 5.41) is 12.5. The summed E-state index contributed by atoms with van der Waals surface area (Å²) in [7, 11) is 0. The summed E-state index contributed by atoms with van der Waals surface area (Å²) in [6, 6.07) is 6.01. The summed E-state index contributed by atoms with van der Waals surface area (Å²) >= 11 is 1.12. The number of esters is 1. The smallest absolute Gasteiger partial charge is 0.357 e. The number of carbonyl (C=O) groups excluding carboxylic acids is 3. The third-order valence-electron chi connectivity index (χ3n) is 5.02. The molecule has 13 heteroatoms. The Morgan fingerprint density at radius 1 is 1.18 bits per heavy atom. The molecule has 0 bridgehead atoms. The van der Waals surface area contributed by atoms with E-state index < -0.39 is 10.9 Å². The second-order valence-corrected chi connectivity index (χ2v) is 10.7. The Labute approximate surface area is 238 Å². The molecule has 1 N–H and O–H groups in total. The fourth-order valence-electron chi connectivity index (χ4n) is 2.85. The van der Waals surface area contributed by atoms with Crippen molar-refractivity contribution in [2.45, 2.75) is 72.6 Å². The van der Waals surface area contributed by atoms with Crippen LogP contribution in [0.2, 0.25) is 0 Å². The molecule has 0 spiro atoms. The SMILES string of the molecule is CC(C)(C)OC=O.CCOC(=O)c1csc(C(=O)CC(NOCCCOCc2ccc([N+](=O)[O-])cc2)C(C)C)n1. The number of hydrogen-bond acceptors (Lipinski definition) is 12. The summed E-state index contributed by atoms with van der Waals surface area (Å²) < 4.78 is 15.0. The van der Waals surface area contributed by atoms with Gasteiger partial charge in [0.25, 0.3) is 12.2 Å². The molecule has 0 radical (unpaired) electrons. The highest BCUT2D eigenvalue weighted by molar-refractivity contribution is 7.11. The van der Waals surface area contributed by atoms with Gasteiger partial charge in [-0.15, -0.1) is 11.3 Å². The van der Waals surface area contributed by atoms with E-state index in [-0.39, 0.29) is 52.8 Å². The van der Waals surface area contributed by atoms with Crippen molar-refractivity contribution < 1.29 is 38.4 Å². The molecular formula is C27H39N3O9S. The number of ether oxygens (including phenoxy) is 3. The lowest BCUT2D eigenvalue weighted by Crippen LogP contribution is -2.36. The van der Waals surface area contributed by atoms with Gasteiger partial charge in [-0.3, -0.25) is 19.7 Å². The number of non-ortho nitro benzene ring substituents is 1. The van der Waals surface area contributed by atoms with Crippen molar-refractivity contribution in [3.05, 3.63) is 56.0 Å². The number of nitrogens with one attached hydrogen (secondary N) is 1. The zero-order valence-electron chi connectivity index (χ0n) is 23.8. The number of Topliss-reactive ketones (excluding diaryl/α,β-unsaturated/α-hetero) is 1. The van der Waals surface area contributed by atoms with Crippen LogP contribution in [-0.4, -0.2) is 59.6 Å². The Bertz CT molecular complexity index is 1070. The van der Waals surface area contributed by atoms with Gasteiger partial charge in [0.15, 0.2) is 16.5 Å². The number of aromatic nitrogens is 1. The lowest BCUT2D eigenvalue weighted by Gasteiger charge is -2.21. The molecule has 0 amide bonds. The van der Waals surface area contributed by atoms with E-state index in [9.17, 15) is 24.5 Å². The number of nitrogens with zero attached hydrogens (tertiary/aromatic N) is 2. The average Bonchev–Trinajstić information content (AvgIpc) is 3.38. The average molecular weight is 582 g/mol. The van der Waals surface area contributed by atoms with Crippen molar-refractivity contribution in [2.24, 2.45) is 5.92 Å². The van der Waals surface area contributed by atoms with E-state index in [4.69, 9.17) is 14.3 Å². The Morgan fingerprint density at radius 3 is 2.38 bits per heavy atom. The van der Waals surface area contributed by atoms with Gasteiger partial charge in [0.05, 0.1) is 24.7 Å². The molecule has 0 aliphatic carbocycles. The monoisotopic (exact) mass is 581 g/mol. The fourth-order valence-corrected chi connectivity index (χ4v) is 3.59. The summed E-state index contributed by atoms with van der Waals surface area (Å²) in [6.07, 6.45) is 0.818. The van der Waals surface area contributed by atoms with Crippen molar-refractivity contribution >= 4 is 35.2 Å². The number of hydrogen-bond donors (Lipinski definition) is 1. The molecule has 1 unspecified atom stereocenters. The fraction of sp³-hybridized carbons (Fsp3) is 0.556. The highest BCUT2D eigenvalue weighted by atomic mass is 32.1. The molecule has 40 heavy (non-hydrogen) atoms. The number of rotatable bonds is 16. The lowest BCUT2D eigenvalue weighted by molar-refractivity contribution is -0.384. The van der Waals surface area contributed by atoms with Crippen molar-refractivity contribution in [1.82, 2.24) is 10.5 Å². The number of ketones is 1. The van der Waals surface area contributed by atoms with E-state index in [1.54, 1.807) is 19.1 Å². The van der Waals surface area contributed by atoms with Crippen molar-refractivity contribution in [3.63, 3.8) is 0 Å². The molecule has 0 aliphatic rings. The summed E-state index contributed by atoms with van der Waals surface area (Å²) in [5.74, 6) is -0.570. The third-order valence-corrected chi connectivity index (χ3v) is 5.91. The first-order valence-corrected chi connectivity index (χ1v) is 13.7. The van der Waals surface area contributed by atoms with Crippen LogP contribution < -0.4 is 5.48 Å². The van der Waals surface area contributed by atoms with Crippen molar-refractivity contribution in [1.29, 1.82) is 0 Å². The quantitative estimate of drug-likeness (QED) is 0.0717. The Kier molecular flexibility index (Phi) is 15.8. The molecule has 1 atom stereocenters. The van der Waals surface area contributed by atoms with Crippen LogP contribution in [0.5, 0.6) is 0 Å². The summed E-state index contributed by atoms with van der Waals surface area (Å²) in [5.41, 5.74) is 3.67. The van der Waals surface area contributed by atoms with E-state index in [1.807, 2.05) is 34.6 Å². The van der Waals surface area contributed by atoms with Gasteiger partial charge < -0.3 is 19.0 Å². The standard InChI is InChI=1S/C22H29N3O7S.C5H10O2/c1-4-31-22(27)19-14-33-21(23-19)20(26)12-18(15(2)3)24-32-11-5-10-30-13-16-6-8-17(9-7-16)25(28)29;1-5(2,3)7-4-6/h6-9,14-15,18,24H,4-5,10-13H2,1-3H3;4H,1-3H3. The van der Waals surface area contributed by atoms with Gasteiger partial charge in [-0.25, -0.2) is 9.78 Å². The second-order valence-electron chi connectivity index (χ2n) is 9.86. The molecule has 2 rings (SSSR count). The maximum Gasteiger partial charge on any atom is 0.357 e. The van der Waals surface area contributed by atoms with Crippen LogP contribution >= 0.6 is 11.3 Å². The lowest BCUT2D eigenvalue weighted by atomic mass is 10.00. The van der Waals surface area contributed by atoms with Gasteiger partial charge in [0.2, 0.25) is 0 Å². The number of nitro benzene ring substituents is 1. The number of hydroxylamine groups is 1. The first-order valence-electron chi connectivity index (χ1n) is 12.8. The first kappa shape index (κ1) is 34.8. The molecule has 12 nitrogen and oxygen atoms in total. The molecule has 0 saturated heterocycles. The van der Waals surface area contributed by atoms with E-state index in [1.165, 1.54) is 17.5 Å². The zero-order valence-corrected chi connectivity index (χ0v) is 24.7. The molecule has 2 aromatic rings. The molecule has 0 aliphatic heterocycles. The van der Waals surface area contributed by atoms with Crippen molar-refractivity contribution in [2.75, 3.05) is 19.8 Å². The molecule has 1 heterocycles. The minimum absolute atomic E-state index is 0.0470. The molecule has 1 aromatic carbocycles. The summed E-state index contributed by atoms with van der Waals surface area (Å²) in [4.78, 5) is 53.7. The Balaban J connectivity index is 0.00000101. The van der Waals surface area contributed by atoms with Crippen LogP contribution in [0.15, 0.2) is 29.6 Å². The maximum atomic E-state index is 12.6. The van der Waals surface area contributed by atoms with Crippen LogP contribution in [0.4, 0.5) is 5.69 Å².